The first-order chi connectivity index (χ1) is 14.5. The van der Waals surface area contributed by atoms with Gasteiger partial charge >= 0.3 is 0 Å². The molecule has 0 radical (unpaired) electrons. The number of ether oxygens (including phenoxy) is 4. The molecule has 0 fully saturated rings. The van der Waals surface area contributed by atoms with Gasteiger partial charge in [-0.15, -0.1) is 5.10 Å². The summed E-state index contributed by atoms with van der Waals surface area (Å²) in [5.41, 5.74) is 2.35. The Labute approximate surface area is 174 Å². The number of pyridine rings is 1. The number of hydrogen-bond acceptors (Lipinski definition) is 8. The summed E-state index contributed by atoms with van der Waals surface area (Å²) in [6.45, 7) is 3.36. The van der Waals surface area contributed by atoms with Crippen molar-refractivity contribution in [3.8, 4) is 17.7 Å². The molecular weight excluding hydrogens is 388 g/mol. The fourth-order valence-corrected chi connectivity index (χ4v) is 3.01. The summed E-state index contributed by atoms with van der Waals surface area (Å²) < 4.78 is 22.0. The number of carbonyl (C=O) groups is 1. The van der Waals surface area contributed by atoms with E-state index in [2.05, 4.69) is 16.2 Å². The fourth-order valence-electron chi connectivity index (χ4n) is 3.01. The number of nitriles is 1. The Morgan fingerprint density at radius 3 is 2.77 bits per heavy atom. The third-order valence-electron chi connectivity index (χ3n) is 4.33. The van der Waals surface area contributed by atoms with Crippen LogP contribution in [0.1, 0.15) is 35.5 Å². The second kappa shape index (κ2) is 9.24. The van der Waals surface area contributed by atoms with Crippen molar-refractivity contribution in [2.24, 2.45) is 5.10 Å². The van der Waals surface area contributed by atoms with E-state index in [0.717, 1.165) is 0 Å². The molecular formula is C21H22N4O5. The van der Waals surface area contributed by atoms with E-state index in [0.29, 0.717) is 22.6 Å². The van der Waals surface area contributed by atoms with Crippen LogP contribution in [0.5, 0.6) is 11.6 Å². The molecule has 0 aliphatic carbocycles. The van der Waals surface area contributed by atoms with Crippen molar-refractivity contribution in [1.82, 2.24) is 9.99 Å². The maximum absolute atomic E-state index is 12.1. The number of hydrogen-bond donors (Lipinski definition) is 0. The molecule has 0 spiro atoms. The first-order valence-corrected chi connectivity index (χ1v) is 9.17. The lowest BCUT2D eigenvalue weighted by Crippen LogP contribution is -2.25. The van der Waals surface area contributed by atoms with Crippen LogP contribution < -0.4 is 9.47 Å². The van der Waals surface area contributed by atoms with Crippen molar-refractivity contribution in [2.45, 2.75) is 26.7 Å². The lowest BCUT2D eigenvalue weighted by molar-refractivity contribution is -0.135. The largest absolute Gasteiger partial charge is 0.497 e. The molecule has 9 heteroatoms. The summed E-state index contributed by atoms with van der Waals surface area (Å²) in [5, 5.41) is 15.0. The Balaban J connectivity index is 1.80. The van der Waals surface area contributed by atoms with E-state index in [4.69, 9.17) is 18.9 Å². The van der Waals surface area contributed by atoms with Crippen LogP contribution in [0.4, 0.5) is 0 Å². The molecule has 1 aliphatic rings. The molecule has 2 aromatic rings. The van der Waals surface area contributed by atoms with Crippen molar-refractivity contribution >= 4 is 11.8 Å². The highest BCUT2D eigenvalue weighted by Gasteiger charge is 2.33. The summed E-state index contributed by atoms with van der Waals surface area (Å²) in [6, 6.07) is 11.1. The van der Waals surface area contributed by atoms with E-state index in [1.165, 1.54) is 11.9 Å². The van der Waals surface area contributed by atoms with Gasteiger partial charge in [-0.25, -0.2) is 4.98 Å². The van der Waals surface area contributed by atoms with Gasteiger partial charge in [0.1, 0.15) is 17.4 Å². The van der Waals surface area contributed by atoms with Gasteiger partial charge in [-0.1, -0.05) is 12.1 Å². The second-order valence-corrected chi connectivity index (χ2v) is 6.54. The van der Waals surface area contributed by atoms with Gasteiger partial charge in [0.15, 0.2) is 6.61 Å². The number of rotatable bonds is 7. The minimum atomic E-state index is -0.735. The van der Waals surface area contributed by atoms with E-state index in [-0.39, 0.29) is 36.5 Å². The van der Waals surface area contributed by atoms with Crippen molar-refractivity contribution < 1.29 is 23.7 Å². The average molecular weight is 410 g/mol. The average Bonchev–Trinajstić information content (AvgIpc) is 3.17. The van der Waals surface area contributed by atoms with Crippen LogP contribution in [-0.4, -0.2) is 42.6 Å². The zero-order valence-corrected chi connectivity index (χ0v) is 17.2. The predicted molar refractivity (Wildman–Crippen MR) is 107 cm³/mol. The highest BCUT2D eigenvalue weighted by molar-refractivity contribution is 5.83. The van der Waals surface area contributed by atoms with Gasteiger partial charge in [0.2, 0.25) is 23.9 Å². The Bertz CT molecular complexity index is 1010. The number of hydrazone groups is 1. The Kier molecular flexibility index (Phi) is 6.49. The number of aryl methyl sites for hydroxylation is 1. The van der Waals surface area contributed by atoms with Gasteiger partial charge < -0.3 is 18.9 Å². The smallest absolute Gasteiger partial charge is 0.247 e. The number of methoxy groups -OCH3 is 2. The SMILES string of the molecule is COCc1cc(C)nc(OCC2=NN(C(C)=O)C(c3cccc(OC)c3)O2)c1C#N. The van der Waals surface area contributed by atoms with E-state index < -0.39 is 6.23 Å². The molecule has 1 atom stereocenters. The van der Waals surface area contributed by atoms with Crippen LogP contribution in [-0.2, 0) is 20.9 Å². The first kappa shape index (κ1) is 21.1. The normalized spacial score (nSPS) is 15.2. The van der Waals surface area contributed by atoms with Gasteiger partial charge in [-0.3, -0.25) is 4.79 Å². The highest BCUT2D eigenvalue weighted by atomic mass is 16.6. The number of aromatic nitrogens is 1. The first-order valence-electron chi connectivity index (χ1n) is 9.17. The van der Waals surface area contributed by atoms with Crippen LogP contribution in [0.3, 0.4) is 0 Å². The summed E-state index contributed by atoms with van der Waals surface area (Å²) in [5.74, 6) is 0.706. The van der Waals surface area contributed by atoms with Gasteiger partial charge in [0, 0.05) is 30.9 Å². The molecule has 1 amide bonds. The summed E-state index contributed by atoms with van der Waals surface area (Å²) in [4.78, 5) is 16.4. The lowest BCUT2D eigenvalue weighted by atomic mass is 10.1. The zero-order valence-electron chi connectivity index (χ0n) is 17.2. The maximum Gasteiger partial charge on any atom is 0.247 e. The Morgan fingerprint density at radius 2 is 2.10 bits per heavy atom. The van der Waals surface area contributed by atoms with E-state index >= 15 is 0 Å². The predicted octanol–water partition coefficient (Wildman–Crippen LogP) is 2.69. The molecule has 9 nitrogen and oxygen atoms in total. The van der Waals surface area contributed by atoms with Crippen molar-refractivity contribution in [3.63, 3.8) is 0 Å². The topological polar surface area (TPSA) is 106 Å². The molecule has 0 saturated heterocycles. The van der Waals surface area contributed by atoms with Crippen molar-refractivity contribution in [3.05, 3.63) is 52.7 Å². The lowest BCUT2D eigenvalue weighted by Gasteiger charge is -2.19. The molecule has 1 aliphatic heterocycles. The molecule has 1 unspecified atom stereocenters. The minimum absolute atomic E-state index is 0.0954. The number of benzene rings is 1. The molecule has 3 rings (SSSR count). The summed E-state index contributed by atoms with van der Waals surface area (Å²) in [6.07, 6.45) is -0.735. The quantitative estimate of drug-likeness (QED) is 0.691. The van der Waals surface area contributed by atoms with Gasteiger partial charge in [0.05, 0.1) is 13.7 Å². The number of nitrogens with zero attached hydrogens (tertiary/aromatic N) is 4. The summed E-state index contributed by atoms with van der Waals surface area (Å²) >= 11 is 0. The molecule has 1 aromatic carbocycles. The molecule has 30 heavy (non-hydrogen) atoms. The molecule has 1 aromatic heterocycles. The van der Waals surface area contributed by atoms with Crippen LogP contribution in [0.25, 0.3) is 0 Å². The molecule has 0 saturated carbocycles. The minimum Gasteiger partial charge on any atom is -0.497 e. The Hall–Kier alpha value is -3.64. The third-order valence-corrected chi connectivity index (χ3v) is 4.33. The highest BCUT2D eigenvalue weighted by Crippen LogP contribution is 2.30. The van der Waals surface area contributed by atoms with E-state index in [1.54, 1.807) is 45.4 Å². The standard InChI is InChI=1S/C21H22N4O5/c1-13-8-16(11-27-3)18(10-22)20(23-13)29-12-19-24-25(14(2)26)21(30-19)15-6-5-7-17(9-15)28-4/h5-9,21H,11-12H2,1-4H3. The van der Waals surface area contributed by atoms with Crippen LogP contribution in [0, 0.1) is 18.3 Å². The van der Waals surface area contributed by atoms with Crippen LogP contribution in [0.2, 0.25) is 0 Å². The molecule has 156 valence electrons. The van der Waals surface area contributed by atoms with Gasteiger partial charge in [-0.2, -0.15) is 10.3 Å². The van der Waals surface area contributed by atoms with E-state index in [9.17, 15) is 10.1 Å². The zero-order chi connectivity index (χ0) is 21.7. The third kappa shape index (κ3) is 4.50. The van der Waals surface area contributed by atoms with Crippen molar-refractivity contribution in [1.29, 1.82) is 5.26 Å². The van der Waals surface area contributed by atoms with Crippen LogP contribution in [0.15, 0.2) is 35.4 Å². The molecule has 0 bridgehead atoms. The van der Waals surface area contributed by atoms with Crippen LogP contribution >= 0.6 is 0 Å². The van der Waals surface area contributed by atoms with Gasteiger partial charge in [0.25, 0.3) is 0 Å². The fraction of sp³-hybridized carbons (Fsp3) is 0.333. The Morgan fingerprint density at radius 1 is 1.30 bits per heavy atom. The molecule has 2 heterocycles. The summed E-state index contributed by atoms with van der Waals surface area (Å²) in [7, 11) is 3.11. The number of amides is 1. The number of carbonyl (C=O) groups excluding carboxylic acids is 1. The second-order valence-electron chi connectivity index (χ2n) is 6.54. The molecule has 0 N–H and O–H groups in total. The monoisotopic (exact) mass is 410 g/mol. The van der Waals surface area contributed by atoms with Gasteiger partial charge in [-0.05, 0) is 25.1 Å². The maximum atomic E-state index is 12.1. The van der Waals surface area contributed by atoms with Crippen molar-refractivity contribution in [2.75, 3.05) is 20.8 Å². The van der Waals surface area contributed by atoms with E-state index in [1.807, 2.05) is 6.07 Å².